The maximum atomic E-state index is 15.0. The normalized spacial score (nSPS) is 54.6. The number of fused-ring (bicyclic) bond motifs is 7. The molecule has 390 valence electrons. The fraction of sp³-hybridized carbons (Fsp3) is 0.938. The number of hydrogen-bond acceptors (Lipinski definition) is 20. The van der Waals surface area contributed by atoms with Crippen molar-refractivity contribution in [3.8, 4) is 0 Å². The molecule has 5 aliphatic carbocycles. The smallest absolute Gasteiger partial charge is 0.315 e. The highest BCUT2D eigenvalue weighted by molar-refractivity contribution is 5.79. The summed E-state index contributed by atoms with van der Waals surface area (Å²) in [6.07, 6.45) is -20.1. The van der Waals surface area contributed by atoms with Crippen LogP contribution in [0.15, 0.2) is 11.6 Å². The Hall–Kier alpha value is -1.51. The maximum Gasteiger partial charge on any atom is 0.315 e. The Kier molecular flexibility index (Phi) is 14.8. The van der Waals surface area contributed by atoms with Gasteiger partial charge in [0.1, 0.15) is 67.1 Å². The fourth-order valence-electron chi connectivity index (χ4n) is 15.3. The molecule has 0 aromatic heterocycles. The molecule has 3 saturated heterocycles. The van der Waals surface area contributed by atoms with E-state index < -0.39 is 158 Å². The van der Waals surface area contributed by atoms with E-state index in [9.17, 15) is 66.4 Å². The summed E-state index contributed by atoms with van der Waals surface area (Å²) in [6, 6.07) is 0. The molecule has 4 saturated carbocycles. The van der Waals surface area contributed by atoms with Crippen molar-refractivity contribution in [3.63, 3.8) is 0 Å². The van der Waals surface area contributed by atoms with Crippen LogP contribution >= 0.6 is 0 Å². The third-order valence-corrected chi connectivity index (χ3v) is 19.8. The Labute approximate surface area is 396 Å². The molecule has 0 unspecified atom stereocenters. The van der Waals surface area contributed by atoms with Crippen molar-refractivity contribution in [1.29, 1.82) is 0 Å². The summed E-state index contributed by atoms with van der Waals surface area (Å²) in [7, 11) is 0. The van der Waals surface area contributed by atoms with Gasteiger partial charge in [-0.15, -0.1) is 0 Å². The lowest BCUT2D eigenvalue weighted by Crippen LogP contribution is -2.69. The Morgan fingerprint density at radius 2 is 1.32 bits per heavy atom. The van der Waals surface area contributed by atoms with Crippen LogP contribution in [0.4, 0.5) is 0 Å². The minimum Gasteiger partial charge on any atom is -0.432 e. The maximum absolute atomic E-state index is 15.0. The summed E-state index contributed by atoms with van der Waals surface area (Å²) < 4.78 is 34.7. The number of carbonyl (C=O) groups excluding carboxylic acids is 1. The predicted molar refractivity (Wildman–Crippen MR) is 233 cm³/mol. The van der Waals surface area contributed by atoms with Crippen LogP contribution in [0.2, 0.25) is 0 Å². The van der Waals surface area contributed by atoms with Gasteiger partial charge in [0.2, 0.25) is 6.29 Å². The first-order valence-electron chi connectivity index (χ1n) is 24.7. The van der Waals surface area contributed by atoms with Gasteiger partial charge in [0.15, 0.2) is 12.6 Å². The van der Waals surface area contributed by atoms with E-state index in [1.165, 1.54) is 6.92 Å². The molecule has 68 heavy (non-hydrogen) atoms. The molecule has 0 aromatic rings. The van der Waals surface area contributed by atoms with Gasteiger partial charge in [-0.1, -0.05) is 46.3 Å². The van der Waals surface area contributed by atoms with Crippen molar-refractivity contribution >= 4 is 5.97 Å². The van der Waals surface area contributed by atoms with Gasteiger partial charge in [0, 0.05) is 5.41 Å². The molecule has 8 aliphatic rings. The van der Waals surface area contributed by atoms with E-state index in [-0.39, 0.29) is 35.0 Å². The van der Waals surface area contributed by atoms with Crippen LogP contribution in [0.3, 0.4) is 0 Å². The molecule has 7 fully saturated rings. The van der Waals surface area contributed by atoms with Crippen LogP contribution < -0.4 is 0 Å². The molecule has 0 spiro atoms. The van der Waals surface area contributed by atoms with Crippen molar-refractivity contribution in [2.24, 2.45) is 56.7 Å². The number of aliphatic hydroxyl groups excluding tert-OH is 13. The van der Waals surface area contributed by atoms with E-state index in [2.05, 4.69) is 40.7 Å². The van der Waals surface area contributed by atoms with E-state index in [0.29, 0.717) is 38.5 Å². The van der Waals surface area contributed by atoms with Crippen molar-refractivity contribution < 1.29 is 99.6 Å². The van der Waals surface area contributed by atoms with Crippen LogP contribution in [0, 0.1) is 56.7 Å². The molecule has 0 radical (unpaired) electrons. The summed E-state index contributed by atoms with van der Waals surface area (Å²) in [4.78, 5) is 15.0. The molecule has 20 heteroatoms. The SMILES string of the molecule is C[C@H]1[C@H](C)CC[C@]2(C(=O)O[C@@H]3O[C@H](CO[C@@H]4O[C@H](CO)[C@@H](O[C@@H]5O[C@@H](C)[C@H](O)[C@@H](O)[C@H]5O)[C@H](O)[C@H]4O)[C@@H](O)[C@H](O)[C@H]3O)CC[C@]3(C)C(=CC[C@@H]4[C@@]5(C)C[C@@H](O)[C@H](O)C(CO)(CO)[C@@H]5CC[C@]43C)[C@H]12. The number of carbonyl (C=O) groups is 1. The Morgan fingerprint density at radius 1 is 0.691 bits per heavy atom. The molecule has 3 heterocycles. The highest BCUT2D eigenvalue weighted by atomic mass is 16.8. The van der Waals surface area contributed by atoms with Crippen molar-refractivity contribution in [2.45, 2.75) is 197 Å². The minimum absolute atomic E-state index is 0.0170. The molecule has 8 rings (SSSR count). The van der Waals surface area contributed by atoms with Crippen molar-refractivity contribution in [2.75, 3.05) is 26.4 Å². The molecule has 3 aliphatic heterocycles. The quantitative estimate of drug-likeness (QED) is 0.0827. The minimum atomic E-state index is -1.88. The largest absolute Gasteiger partial charge is 0.432 e. The molecule has 20 nitrogen and oxygen atoms in total. The summed E-state index contributed by atoms with van der Waals surface area (Å²) in [5, 5.41) is 140. The number of esters is 1. The molecule has 0 aromatic carbocycles. The van der Waals surface area contributed by atoms with Gasteiger partial charge in [-0.3, -0.25) is 4.79 Å². The second-order valence-corrected chi connectivity index (χ2v) is 22.8. The van der Waals surface area contributed by atoms with Crippen LogP contribution in [0.1, 0.15) is 92.9 Å². The van der Waals surface area contributed by atoms with Gasteiger partial charge in [0.05, 0.1) is 50.2 Å². The zero-order chi connectivity index (χ0) is 49.8. The fourth-order valence-corrected chi connectivity index (χ4v) is 15.3. The molecule has 0 amide bonds. The van der Waals surface area contributed by atoms with E-state index in [4.69, 9.17) is 28.4 Å². The van der Waals surface area contributed by atoms with Gasteiger partial charge < -0.3 is 94.8 Å². The van der Waals surface area contributed by atoms with Gasteiger partial charge >= 0.3 is 5.97 Å². The Morgan fingerprint density at radius 3 is 1.99 bits per heavy atom. The van der Waals surface area contributed by atoms with Gasteiger partial charge in [-0.05, 0) is 104 Å². The lowest BCUT2D eigenvalue weighted by molar-refractivity contribution is -0.361. The van der Waals surface area contributed by atoms with E-state index in [1.54, 1.807) is 0 Å². The summed E-state index contributed by atoms with van der Waals surface area (Å²) in [5.74, 6) is -0.860. The van der Waals surface area contributed by atoms with Gasteiger partial charge in [-0.25, -0.2) is 0 Å². The van der Waals surface area contributed by atoms with Crippen LogP contribution in [0.25, 0.3) is 0 Å². The van der Waals surface area contributed by atoms with Gasteiger partial charge in [0.25, 0.3) is 0 Å². The first-order valence-corrected chi connectivity index (χ1v) is 24.7. The van der Waals surface area contributed by atoms with Gasteiger partial charge in [-0.2, -0.15) is 0 Å². The lowest BCUT2D eigenvalue weighted by atomic mass is 9.33. The van der Waals surface area contributed by atoms with E-state index in [1.807, 2.05) is 0 Å². The van der Waals surface area contributed by atoms with Crippen LogP contribution in [-0.2, 0) is 33.2 Å². The molecule has 0 bridgehead atoms. The second kappa shape index (κ2) is 19.1. The summed E-state index contributed by atoms with van der Waals surface area (Å²) in [5.41, 5.74) is -2.43. The standard InChI is InChI=1S/C48H78O20/c1-20-9-12-47(14-13-45(5)23(29(47)21(20)2)7-8-27-44(4)15-24(52)39(61)48(18-50,19-51)28(44)10-11-46(27,45)6)43(62)68-42-36(59)33(56)31(54)26(66-42)17-63-40-37(60)34(57)38(25(16-49)65-40)67-41-35(58)32(55)30(53)22(3)64-41/h7,20-22,24-42,49-61H,8-19H2,1-6H3/t20-,21+,22+,24-,25-,26-,27-,28-,29+,30+,31-,32-,33+,34-,35-,36-,37-,38-,39+,40-,41+,42+,44-,45-,46-,47+/m1/s1. The van der Waals surface area contributed by atoms with E-state index in [0.717, 1.165) is 18.4 Å². The number of aliphatic hydroxyl groups is 13. The summed E-state index contributed by atoms with van der Waals surface area (Å²) >= 11 is 0. The lowest BCUT2D eigenvalue weighted by Gasteiger charge is -2.71. The van der Waals surface area contributed by atoms with Crippen molar-refractivity contribution in [1.82, 2.24) is 0 Å². The molecular formula is C48H78O20. The summed E-state index contributed by atoms with van der Waals surface area (Å²) in [6.45, 7) is 10.1. The molecule has 13 N–H and O–H groups in total. The van der Waals surface area contributed by atoms with Crippen LogP contribution in [-0.4, -0.2) is 203 Å². The predicted octanol–water partition coefficient (Wildman–Crippen LogP) is -2.06. The topological polar surface area (TPSA) is 335 Å². The molecular weight excluding hydrogens is 897 g/mol. The number of hydrogen-bond donors (Lipinski definition) is 13. The Balaban J connectivity index is 0.989. The third kappa shape index (κ3) is 7.89. The monoisotopic (exact) mass is 975 g/mol. The average Bonchev–Trinajstić information content (AvgIpc) is 3.31. The first-order chi connectivity index (χ1) is 31.9. The van der Waals surface area contributed by atoms with E-state index >= 15 is 4.79 Å². The second-order valence-electron chi connectivity index (χ2n) is 22.8. The highest BCUT2D eigenvalue weighted by Gasteiger charge is 2.72. The Bertz CT molecular complexity index is 1830. The average molecular weight is 975 g/mol. The zero-order valence-electron chi connectivity index (χ0n) is 39.9. The number of allylic oxidation sites excluding steroid dienone is 2. The highest BCUT2D eigenvalue weighted by Crippen LogP contribution is 2.76. The molecule has 26 atom stereocenters. The number of ether oxygens (including phenoxy) is 6. The van der Waals surface area contributed by atoms with Crippen LogP contribution in [0.5, 0.6) is 0 Å². The third-order valence-electron chi connectivity index (χ3n) is 19.8. The zero-order valence-corrected chi connectivity index (χ0v) is 39.9. The first kappa shape index (κ1) is 52.8. The van der Waals surface area contributed by atoms with Crippen molar-refractivity contribution in [3.05, 3.63) is 11.6 Å². The number of rotatable bonds is 10.